The summed E-state index contributed by atoms with van der Waals surface area (Å²) in [6, 6.07) is 8.17. The lowest BCUT2D eigenvalue weighted by molar-refractivity contribution is -0.124. The van der Waals surface area contributed by atoms with Crippen molar-refractivity contribution >= 4 is 16.8 Å². The van der Waals surface area contributed by atoms with Crippen molar-refractivity contribution in [2.75, 3.05) is 6.54 Å². The normalized spacial score (nSPS) is 20.0. The summed E-state index contributed by atoms with van der Waals surface area (Å²) in [5, 5.41) is 7.45. The molecule has 0 bridgehead atoms. The highest BCUT2D eigenvalue weighted by Crippen LogP contribution is 2.17. The number of fused-ring (bicyclic) bond motifs is 1. The maximum absolute atomic E-state index is 11.6. The van der Waals surface area contributed by atoms with Crippen LogP contribution in [0, 0.1) is 0 Å². The number of H-pyrrole nitrogens is 1. The molecule has 0 aliphatic carbocycles. The molecular formula is C14H17N3O. The first-order valence-corrected chi connectivity index (χ1v) is 6.41. The van der Waals surface area contributed by atoms with Crippen LogP contribution in [-0.4, -0.2) is 23.5 Å². The van der Waals surface area contributed by atoms with Gasteiger partial charge in [0.05, 0.1) is 6.04 Å². The predicted molar refractivity (Wildman–Crippen MR) is 71.2 cm³/mol. The minimum atomic E-state index is -0.0487. The van der Waals surface area contributed by atoms with Gasteiger partial charge >= 0.3 is 0 Å². The van der Waals surface area contributed by atoms with Gasteiger partial charge in [-0.1, -0.05) is 18.2 Å². The molecule has 1 unspecified atom stereocenters. The van der Waals surface area contributed by atoms with E-state index in [1.165, 1.54) is 10.9 Å². The smallest absolute Gasteiger partial charge is 0.237 e. The van der Waals surface area contributed by atoms with Gasteiger partial charge in [0.1, 0.15) is 0 Å². The summed E-state index contributed by atoms with van der Waals surface area (Å²) in [6.07, 6.45) is 3.99. The molecule has 3 rings (SSSR count). The SMILES string of the molecule is O=C1NCCCC1NCc1c[nH]c2ccccc12. The highest BCUT2D eigenvalue weighted by atomic mass is 16.2. The maximum Gasteiger partial charge on any atom is 0.237 e. The molecule has 1 aliphatic rings. The van der Waals surface area contributed by atoms with Crippen LogP contribution in [0.4, 0.5) is 0 Å². The third kappa shape index (κ3) is 2.11. The highest BCUT2D eigenvalue weighted by molar-refractivity contribution is 5.84. The first-order valence-electron chi connectivity index (χ1n) is 6.41. The number of carbonyl (C=O) groups is 1. The Bertz CT molecular complexity index is 561. The first-order chi connectivity index (χ1) is 8.84. The molecule has 2 heterocycles. The van der Waals surface area contributed by atoms with Gasteiger partial charge < -0.3 is 15.6 Å². The fourth-order valence-corrected chi connectivity index (χ4v) is 2.48. The zero-order chi connectivity index (χ0) is 12.4. The summed E-state index contributed by atoms with van der Waals surface area (Å²) in [5.41, 5.74) is 2.35. The van der Waals surface area contributed by atoms with Gasteiger partial charge in [-0.2, -0.15) is 0 Å². The number of para-hydroxylation sites is 1. The van der Waals surface area contributed by atoms with Gasteiger partial charge in [0.2, 0.25) is 5.91 Å². The Morgan fingerprint density at radius 3 is 3.11 bits per heavy atom. The number of benzene rings is 1. The number of amides is 1. The van der Waals surface area contributed by atoms with Gasteiger partial charge in [-0.05, 0) is 24.5 Å². The lowest BCUT2D eigenvalue weighted by atomic mass is 10.1. The van der Waals surface area contributed by atoms with Crippen molar-refractivity contribution in [3.63, 3.8) is 0 Å². The van der Waals surface area contributed by atoms with E-state index < -0.39 is 0 Å². The molecule has 3 N–H and O–H groups in total. The van der Waals surface area contributed by atoms with Crippen LogP contribution in [0.1, 0.15) is 18.4 Å². The fourth-order valence-electron chi connectivity index (χ4n) is 2.48. The lowest BCUT2D eigenvalue weighted by Gasteiger charge is -2.22. The number of nitrogens with one attached hydrogen (secondary N) is 3. The number of aromatic nitrogens is 1. The van der Waals surface area contributed by atoms with Gasteiger partial charge in [0.25, 0.3) is 0 Å². The Hall–Kier alpha value is -1.81. The van der Waals surface area contributed by atoms with Crippen LogP contribution in [0.2, 0.25) is 0 Å². The van der Waals surface area contributed by atoms with Crippen molar-refractivity contribution in [2.45, 2.75) is 25.4 Å². The van der Waals surface area contributed by atoms with E-state index in [0.717, 1.165) is 31.4 Å². The van der Waals surface area contributed by atoms with Crippen LogP contribution < -0.4 is 10.6 Å². The summed E-state index contributed by atoms with van der Waals surface area (Å²) >= 11 is 0. The van der Waals surface area contributed by atoms with Crippen LogP contribution in [0.15, 0.2) is 30.5 Å². The molecule has 0 spiro atoms. The second-order valence-corrected chi connectivity index (χ2v) is 4.73. The lowest BCUT2D eigenvalue weighted by Crippen LogP contribution is -2.47. The van der Waals surface area contributed by atoms with Crippen molar-refractivity contribution in [2.24, 2.45) is 0 Å². The van der Waals surface area contributed by atoms with Gasteiger partial charge in [-0.25, -0.2) is 0 Å². The topological polar surface area (TPSA) is 56.9 Å². The minimum absolute atomic E-state index is 0.0487. The molecule has 1 fully saturated rings. The molecule has 18 heavy (non-hydrogen) atoms. The summed E-state index contributed by atoms with van der Waals surface area (Å²) in [6.45, 7) is 1.53. The number of carbonyl (C=O) groups excluding carboxylic acids is 1. The molecule has 1 saturated heterocycles. The molecule has 1 aromatic heterocycles. The second-order valence-electron chi connectivity index (χ2n) is 4.73. The van der Waals surface area contributed by atoms with Gasteiger partial charge in [0, 0.05) is 30.2 Å². The highest BCUT2D eigenvalue weighted by Gasteiger charge is 2.21. The zero-order valence-electron chi connectivity index (χ0n) is 10.2. The molecule has 0 radical (unpaired) electrons. The Morgan fingerprint density at radius 2 is 2.22 bits per heavy atom. The van der Waals surface area contributed by atoms with E-state index in [2.05, 4.69) is 27.8 Å². The first kappa shape index (κ1) is 11.3. The number of rotatable bonds is 3. The summed E-state index contributed by atoms with van der Waals surface area (Å²) in [4.78, 5) is 14.9. The Morgan fingerprint density at radius 1 is 1.33 bits per heavy atom. The molecule has 1 aromatic carbocycles. The van der Waals surface area contributed by atoms with E-state index in [0.29, 0.717) is 0 Å². The number of hydrogen-bond acceptors (Lipinski definition) is 2. The van der Waals surface area contributed by atoms with E-state index in [1.54, 1.807) is 0 Å². The van der Waals surface area contributed by atoms with E-state index >= 15 is 0 Å². The standard InChI is InChI=1S/C14H17N3O/c18-14-13(6-3-7-15-14)17-9-10-8-16-12-5-2-1-4-11(10)12/h1-2,4-5,8,13,16-17H,3,6-7,9H2,(H,15,18). The van der Waals surface area contributed by atoms with Crippen molar-refractivity contribution in [1.29, 1.82) is 0 Å². The maximum atomic E-state index is 11.6. The molecule has 1 aliphatic heterocycles. The number of hydrogen-bond donors (Lipinski definition) is 3. The third-order valence-electron chi connectivity index (χ3n) is 3.50. The molecule has 1 amide bonds. The Labute approximate surface area is 106 Å². The van der Waals surface area contributed by atoms with Crippen LogP contribution in [0.3, 0.4) is 0 Å². The Balaban J connectivity index is 1.71. The second kappa shape index (κ2) is 4.82. The molecule has 4 nitrogen and oxygen atoms in total. The van der Waals surface area contributed by atoms with E-state index in [-0.39, 0.29) is 11.9 Å². The van der Waals surface area contributed by atoms with Crippen LogP contribution in [0.25, 0.3) is 10.9 Å². The summed E-state index contributed by atoms with van der Waals surface area (Å²) < 4.78 is 0. The number of piperidine rings is 1. The van der Waals surface area contributed by atoms with Crippen molar-refractivity contribution in [3.05, 3.63) is 36.0 Å². The van der Waals surface area contributed by atoms with Crippen LogP contribution in [-0.2, 0) is 11.3 Å². The van der Waals surface area contributed by atoms with Crippen LogP contribution in [0.5, 0.6) is 0 Å². The van der Waals surface area contributed by atoms with E-state index in [4.69, 9.17) is 0 Å². The molecule has 2 aromatic rings. The average molecular weight is 243 g/mol. The molecule has 4 heteroatoms. The van der Waals surface area contributed by atoms with E-state index in [9.17, 15) is 4.79 Å². The van der Waals surface area contributed by atoms with Crippen molar-refractivity contribution < 1.29 is 4.79 Å². The van der Waals surface area contributed by atoms with Gasteiger partial charge in [-0.15, -0.1) is 0 Å². The van der Waals surface area contributed by atoms with E-state index in [1.807, 2.05) is 18.3 Å². The molecular weight excluding hydrogens is 226 g/mol. The van der Waals surface area contributed by atoms with Crippen LogP contribution >= 0.6 is 0 Å². The van der Waals surface area contributed by atoms with Crippen molar-refractivity contribution in [1.82, 2.24) is 15.6 Å². The van der Waals surface area contributed by atoms with Crippen molar-refractivity contribution in [3.8, 4) is 0 Å². The Kier molecular flexibility index (Phi) is 3.02. The van der Waals surface area contributed by atoms with Gasteiger partial charge in [0.15, 0.2) is 0 Å². The predicted octanol–water partition coefficient (Wildman–Crippen LogP) is 1.54. The minimum Gasteiger partial charge on any atom is -0.361 e. The number of aromatic amines is 1. The fraction of sp³-hybridized carbons (Fsp3) is 0.357. The zero-order valence-corrected chi connectivity index (χ0v) is 10.2. The average Bonchev–Trinajstić information content (AvgIpc) is 2.81. The largest absolute Gasteiger partial charge is 0.361 e. The quantitative estimate of drug-likeness (QED) is 0.766. The third-order valence-corrected chi connectivity index (χ3v) is 3.50. The monoisotopic (exact) mass is 243 g/mol. The molecule has 94 valence electrons. The molecule has 0 saturated carbocycles. The van der Waals surface area contributed by atoms with Gasteiger partial charge in [-0.3, -0.25) is 4.79 Å². The summed E-state index contributed by atoms with van der Waals surface area (Å²) in [7, 11) is 0. The summed E-state index contributed by atoms with van der Waals surface area (Å²) in [5.74, 6) is 0.126. The molecule has 1 atom stereocenters.